The number of nitrogens with one attached hydrogen (secondary N) is 1. The molecule has 180 valence electrons. The Labute approximate surface area is 210 Å². The molecule has 0 bridgehead atoms. The molecule has 1 saturated heterocycles. The second kappa shape index (κ2) is 9.28. The van der Waals surface area contributed by atoms with Crippen LogP contribution < -0.4 is 20.7 Å². The summed E-state index contributed by atoms with van der Waals surface area (Å²) in [6, 6.07) is 4.93. The van der Waals surface area contributed by atoms with Crippen molar-refractivity contribution in [1.29, 1.82) is 0 Å². The number of anilines is 1. The van der Waals surface area contributed by atoms with Gasteiger partial charge in [0.15, 0.2) is 23.6 Å². The summed E-state index contributed by atoms with van der Waals surface area (Å²) in [4.78, 5) is 48.9. The molecule has 1 fully saturated rings. The maximum atomic E-state index is 13.0. The topological polar surface area (TPSA) is 154 Å². The molecular weight excluding hydrogens is 512 g/mol. The number of carboxylic acids is 1. The van der Waals surface area contributed by atoms with Gasteiger partial charge in [-0.3, -0.25) is 14.5 Å². The number of thiazole rings is 1. The van der Waals surface area contributed by atoms with Gasteiger partial charge in [0.05, 0.1) is 17.1 Å². The number of aliphatic carboxylic acids is 1. The number of amides is 2. The highest BCUT2D eigenvalue weighted by atomic mass is 32.2. The number of oxime groups is 1. The monoisotopic (exact) mass is 530 g/mol. The van der Waals surface area contributed by atoms with E-state index >= 15 is 0 Å². The van der Waals surface area contributed by atoms with E-state index in [2.05, 4.69) is 15.5 Å². The Morgan fingerprint density at radius 3 is 2.94 bits per heavy atom. The second-order valence-corrected chi connectivity index (χ2v) is 10.5. The normalized spacial score (nSPS) is 20.0. The molecule has 35 heavy (non-hydrogen) atoms. The number of aromatic nitrogens is 2. The van der Waals surface area contributed by atoms with Crippen molar-refractivity contribution in [2.45, 2.75) is 18.0 Å². The Bertz CT molecular complexity index is 1410. The number of hydrogen-bond acceptors (Lipinski definition) is 11. The van der Waals surface area contributed by atoms with E-state index in [0.29, 0.717) is 17.9 Å². The lowest BCUT2D eigenvalue weighted by atomic mass is 10.0. The summed E-state index contributed by atoms with van der Waals surface area (Å²) in [7, 11) is 1.28. The van der Waals surface area contributed by atoms with Crippen LogP contribution in [0.15, 0.2) is 51.6 Å². The summed E-state index contributed by atoms with van der Waals surface area (Å²) >= 11 is 4.06. The van der Waals surface area contributed by atoms with E-state index in [1.54, 1.807) is 16.7 Å². The van der Waals surface area contributed by atoms with Crippen molar-refractivity contribution in [3.05, 3.63) is 52.1 Å². The lowest BCUT2D eigenvalue weighted by Gasteiger charge is -2.50. The average Bonchev–Trinajstić information content (AvgIpc) is 3.49. The minimum atomic E-state index is -1.43. The van der Waals surface area contributed by atoms with Gasteiger partial charge in [0, 0.05) is 22.8 Å². The fourth-order valence-electron chi connectivity index (χ4n) is 4.01. The largest absolute Gasteiger partial charge is 0.543 e. The van der Waals surface area contributed by atoms with Crippen LogP contribution in [0, 0.1) is 0 Å². The Morgan fingerprint density at radius 1 is 1.40 bits per heavy atom. The molecule has 2 amide bonds. The number of nitrogen functional groups attached to an aromatic ring is 1. The fourth-order valence-corrected chi connectivity index (χ4v) is 6.77. The zero-order valence-electron chi connectivity index (χ0n) is 18.2. The molecular formula is C21H18N6O5S3. The van der Waals surface area contributed by atoms with Crippen molar-refractivity contribution in [2.24, 2.45) is 5.16 Å². The summed E-state index contributed by atoms with van der Waals surface area (Å²) in [5, 5.41) is 22.7. The molecule has 0 spiro atoms. The van der Waals surface area contributed by atoms with E-state index in [1.807, 2.05) is 34.3 Å². The Balaban J connectivity index is 1.38. The lowest BCUT2D eigenvalue weighted by Crippen LogP contribution is -2.71. The number of thioether (sulfide) groups is 1. The smallest absolute Gasteiger partial charge is 0.276 e. The van der Waals surface area contributed by atoms with Gasteiger partial charge in [-0.2, -0.15) is 4.57 Å². The number of carbonyl (C=O) groups excluding carboxylic acids is 3. The molecule has 14 heteroatoms. The van der Waals surface area contributed by atoms with Crippen molar-refractivity contribution in [3.63, 3.8) is 0 Å². The summed E-state index contributed by atoms with van der Waals surface area (Å²) in [5.74, 6) is -2.29. The molecule has 0 saturated carbocycles. The number of pyridine rings is 1. The van der Waals surface area contributed by atoms with Crippen LogP contribution in [0.4, 0.5) is 5.13 Å². The fraction of sp³-hybridized carbons (Fsp3) is 0.238. The van der Waals surface area contributed by atoms with Gasteiger partial charge < -0.3 is 25.8 Å². The first-order valence-electron chi connectivity index (χ1n) is 10.3. The zero-order chi connectivity index (χ0) is 24.7. The van der Waals surface area contributed by atoms with Gasteiger partial charge in [-0.25, -0.2) is 4.98 Å². The first-order valence-corrected chi connectivity index (χ1v) is 13.1. The van der Waals surface area contributed by atoms with E-state index in [4.69, 9.17) is 10.6 Å². The minimum absolute atomic E-state index is 0.135. The lowest BCUT2D eigenvalue weighted by molar-refractivity contribution is -0.661. The van der Waals surface area contributed by atoms with Crippen LogP contribution in [0.5, 0.6) is 0 Å². The van der Waals surface area contributed by atoms with E-state index in [9.17, 15) is 19.5 Å². The molecule has 0 radical (unpaired) electrons. The molecule has 11 nitrogen and oxygen atoms in total. The van der Waals surface area contributed by atoms with Crippen molar-refractivity contribution < 1.29 is 28.9 Å². The van der Waals surface area contributed by atoms with Crippen LogP contribution in [0.2, 0.25) is 0 Å². The predicted molar refractivity (Wildman–Crippen MR) is 129 cm³/mol. The van der Waals surface area contributed by atoms with Gasteiger partial charge in [-0.1, -0.05) is 16.5 Å². The van der Waals surface area contributed by atoms with Gasteiger partial charge in [0.25, 0.3) is 16.6 Å². The number of β-lactam (4-membered cyclic amide) rings is 1. The van der Waals surface area contributed by atoms with Crippen LogP contribution in [-0.2, 0) is 25.8 Å². The zero-order valence-corrected chi connectivity index (χ0v) is 20.6. The third kappa shape index (κ3) is 4.13. The van der Waals surface area contributed by atoms with E-state index in [-0.39, 0.29) is 22.2 Å². The molecule has 2 aliphatic rings. The number of carboxylic acid groups (broad SMARTS) is 1. The third-order valence-electron chi connectivity index (χ3n) is 5.53. The van der Waals surface area contributed by atoms with Crippen molar-refractivity contribution >= 4 is 73.3 Å². The number of thiophene rings is 1. The number of fused-ring (bicyclic) bond motifs is 2. The van der Waals surface area contributed by atoms with Crippen molar-refractivity contribution in [2.75, 3.05) is 18.6 Å². The average molecular weight is 531 g/mol. The molecule has 0 aromatic carbocycles. The number of rotatable bonds is 7. The molecule has 3 aromatic heterocycles. The van der Waals surface area contributed by atoms with E-state index in [0.717, 1.165) is 21.6 Å². The highest BCUT2D eigenvalue weighted by Crippen LogP contribution is 2.40. The van der Waals surface area contributed by atoms with E-state index < -0.39 is 29.2 Å². The molecule has 2 atom stereocenters. The van der Waals surface area contributed by atoms with Crippen molar-refractivity contribution in [1.82, 2.24) is 15.2 Å². The first kappa shape index (κ1) is 23.3. The minimum Gasteiger partial charge on any atom is -0.543 e. The molecule has 5 rings (SSSR count). The van der Waals surface area contributed by atoms with Gasteiger partial charge in [-0.05, 0) is 17.5 Å². The van der Waals surface area contributed by atoms with Crippen molar-refractivity contribution in [3.8, 4) is 0 Å². The van der Waals surface area contributed by atoms with Crippen LogP contribution in [0.25, 0.3) is 10.2 Å². The van der Waals surface area contributed by atoms with E-state index in [1.165, 1.54) is 23.8 Å². The molecule has 3 N–H and O–H groups in total. The highest BCUT2D eigenvalue weighted by Gasteiger charge is 2.53. The quantitative estimate of drug-likeness (QED) is 0.182. The number of nitrogens with zero attached hydrogens (tertiary/aromatic N) is 4. The summed E-state index contributed by atoms with van der Waals surface area (Å²) < 4.78 is 1.95. The Kier molecular flexibility index (Phi) is 6.17. The maximum absolute atomic E-state index is 13.0. The molecule has 2 aliphatic heterocycles. The Hall–Kier alpha value is -3.49. The molecule has 5 heterocycles. The molecule has 2 unspecified atom stereocenters. The number of carbonyl (C=O) groups is 3. The predicted octanol–water partition coefficient (Wildman–Crippen LogP) is -0.318. The summed E-state index contributed by atoms with van der Waals surface area (Å²) in [5.41, 5.74) is 6.14. The molecule has 3 aromatic rings. The Morgan fingerprint density at radius 2 is 2.23 bits per heavy atom. The van der Waals surface area contributed by atoms with Gasteiger partial charge >= 0.3 is 0 Å². The third-order valence-corrected chi connectivity index (χ3v) is 8.51. The molecule has 0 aliphatic carbocycles. The summed E-state index contributed by atoms with van der Waals surface area (Å²) in [6.45, 7) is 0.303. The van der Waals surface area contributed by atoms with Crippen LogP contribution >= 0.6 is 34.4 Å². The van der Waals surface area contributed by atoms with Crippen LogP contribution in [0.3, 0.4) is 0 Å². The maximum Gasteiger partial charge on any atom is 0.276 e. The van der Waals surface area contributed by atoms with Gasteiger partial charge in [-0.15, -0.1) is 23.1 Å². The first-order chi connectivity index (χ1) is 16.9. The summed E-state index contributed by atoms with van der Waals surface area (Å²) in [6.07, 6.45) is 1.87. The SMILES string of the molecule is CO/N=C(/C(=O)NC1C(=O)N2C(C(=O)[O-])=C(C[n+]3cccc4ccsc43)CSC12)c1csc(N)n1. The number of nitrogens with two attached hydrogens (primary N) is 1. The number of hydrogen-bond donors (Lipinski definition) is 2. The van der Waals surface area contributed by atoms with Gasteiger partial charge in [0.1, 0.15) is 24.2 Å². The van der Waals surface area contributed by atoms with Gasteiger partial charge in [0.2, 0.25) is 0 Å². The second-order valence-electron chi connectivity index (χ2n) is 7.61. The van der Waals surface area contributed by atoms with Crippen LogP contribution in [-0.4, -0.2) is 57.7 Å². The van der Waals surface area contributed by atoms with Crippen LogP contribution in [0.1, 0.15) is 5.69 Å². The highest BCUT2D eigenvalue weighted by molar-refractivity contribution is 8.00. The standard InChI is InChI=1S/C21H18N6O5S3/c1-32-25-13(12-9-35-21(22)23-12)16(28)24-14-17(29)27-15(20(30)31)11(8-34-19(14)27)7-26-5-2-3-10-4-6-33-18(10)26/h2-6,9,14,19H,7-8H2,1H3,(H3-,22,23,24,28,30,31)/b25-13+.